The van der Waals surface area contributed by atoms with E-state index in [9.17, 15) is 14.7 Å². The second kappa shape index (κ2) is 11.8. The molecule has 37 heavy (non-hydrogen) atoms. The van der Waals surface area contributed by atoms with Crippen LogP contribution in [-0.4, -0.2) is 63.0 Å². The summed E-state index contributed by atoms with van der Waals surface area (Å²) < 4.78 is 6.20. The van der Waals surface area contributed by atoms with Crippen molar-refractivity contribution in [2.75, 3.05) is 19.6 Å². The molecule has 1 atom stereocenters. The van der Waals surface area contributed by atoms with Crippen molar-refractivity contribution >= 4 is 11.8 Å². The van der Waals surface area contributed by atoms with E-state index in [0.29, 0.717) is 30.8 Å². The number of carbonyl (C=O) groups excluding carboxylic acids is 2. The molecule has 0 radical (unpaired) electrons. The van der Waals surface area contributed by atoms with Gasteiger partial charge in [-0.2, -0.15) is 0 Å². The molecule has 1 saturated heterocycles. The van der Waals surface area contributed by atoms with Gasteiger partial charge in [0.15, 0.2) is 0 Å². The Balaban J connectivity index is 1.55. The van der Waals surface area contributed by atoms with Gasteiger partial charge in [-0.15, -0.1) is 0 Å². The van der Waals surface area contributed by atoms with Crippen LogP contribution < -0.4 is 0 Å². The van der Waals surface area contributed by atoms with E-state index >= 15 is 0 Å². The number of rotatable bonds is 6. The molecule has 1 fully saturated rings. The number of hydrogen-bond acceptors (Lipinski definition) is 5. The van der Waals surface area contributed by atoms with Crippen molar-refractivity contribution in [2.24, 2.45) is 0 Å². The number of benzene rings is 2. The normalized spacial score (nSPS) is 16.1. The third-order valence-electron chi connectivity index (χ3n) is 5.86. The Morgan fingerprint density at radius 2 is 1.86 bits per heavy atom. The SMILES string of the molecule is CC(C)(O)C#Cc1cccc(C(=O)N2CC(=O)N(Cc3ccccc3)C[C@H](OCc3cccnc3)C2)c1. The fraction of sp³-hybridized carbons (Fsp3) is 0.300. The quantitative estimate of drug-likeness (QED) is 0.529. The summed E-state index contributed by atoms with van der Waals surface area (Å²) >= 11 is 0. The summed E-state index contributed by atoms with van der Waals surface area (Å²) in [5, 5.41) is 9.91. The lowest BCUT2D eigenvalue weighted by Gasteiger charge is -2.25. The van der Waals surface area contributed by atoms with E-state index in [1.807, 2.05) is 42.5 Å². The summed E-state index contributed by atoms with van der Waals surface area (Å²) in [6, 6.07) is 20.5. The molecule has 0 unspecified atom stereocenters. The Kier molecular flexibility index (Phi) is 8.34. The lowest BCUT2D eigenvalue weighted by Crippen LogP contribution is -2.39. The van der Waals surface area contributed by atoms with Gasteiger partial charge >= 0.3 is 0 Å². The zero-order valence-corrected chi connectivity index (χ0v) is 21.1. The monoisotopic (exact) mass is 497 g/mol. The fourth-order valence-corrected chi connectivity index (χ4v) is 4.03. The topological polar surface area (TPSA) is 83.0 Å². The minimum Gasteiger partial charge on any atom is -0.378 e. The fourth-order valence-electron chi connectivity index (χ4n) is 4.03. The Bertz CT molecular complexity index is 1280. The van der Waals surface area contributed by atoms with Crippen molar-refractivity contribution in [1.29, 1.82) is 0 Å². The smallest absolute Gasteiger partial charge is 0.254 e. The van der Waals surface area contributed by atoms with E-state index in [-0.39, 0.29) is 31.0 Å². The van der Waals surface area contributed by atoms with Gasteiger partial charge in [0.2, 0.25) is 5.91 Å². The van der Waals surface area contributed by atoms with Crippen molar-refractivity contribution < 1.29 is 19.4 Å². The molecule has 190 valence electrons. The first kappa shape index (κ1) is 26.1. The Morgan fingerprint density at radius 1 is 1.08 bits per heavy atom. The van der Waals surface area contributed by atoms with Gasteiger partial charge < -0.3 is 19.6 Å². The van der Waals surface area contributed by atoms with Gasteiger partial charge in [-0.3, -0.25) is 14.6 Å². The van der Waals surface area contributed by atoms with Crippen LogP contribution in [0, 0.1) is 11.8 Å². The van der Waals surface area contributed by atoms with Gasteiger partial charge in [0.25, 0.3) is 5.91 Å². The molecule has 0 spiro atoms. The molecule has 1 aromatic heterocycles. The number of ether oxygens (including phenoxy) is 1. The molecule has 7 nitrogen and oxygen atoms in total. The molecule has 3 aromatic rings. The molecule has 1 aliphatic rings. The predicted molar refractivity (Wildman–Crippen MR) is 140 cm³/mol. The first-order valence-corrected chi connectivity index (χ1v) is 12.2. The molecule has 2 heterocycles. The molecule has 1 aliphatic heterocycles. The molecule has 0 saturated carbocycles. The van der Waals surface area contributed by atoms with Gasteiger partial charge in [-0.05, 0) is 49.2 Å². The predicted octanol–water partition coefficient (Wildman–Crippen LogP) is 3.27. The molecule has 2 amide bonds. The molecule has 0 bridgehead atoms. The van der Waals surface area contributed by atoms with Crippen LogP contribution in [0.4, 0.5) is 0 Å². The van der Waals surface area contributed by atoms with E-state index in [2.05, 4.69) is 16.8 Å². The van der Waals surface area contributed by atoms with Gasteiger partial charge in [-0.25, -0.2) is 0 Å². The maximum atomic E-state index is 13.5. The first-order valence-electron chi connectivity index (χ1n) is 12.2. The zero-order chi connectivity index (χ0) is 26.3. The van der Waals surface area contributed by atoms with Crippen molar-refractivity contribution in [3.63, 3.8) is 0 Å². The highest BCUT2D eigenvalue weighted by atomic mass is 16.5. The van der Waals surface area contributed by atoms with Crippen molar-refractivity contribution in [1.82, 2.24) is 14.8 Å². The van der Waals surface area contributed by atoms with Gasteiger partial charge in [0, 0.05) is 43.2 Å². The molecule has 0 aliphatic carbocycles. The zero-order valence-electron chi connectivity index (χ0n) is 21.1. The summed E-state index contributed by atoms with van der Waals surface area (Å²) in [7, 11) is 0. The Morgan fingerprint density at radius 3 is 2.59 bits per heavy atom. The Labute approximate surface area is 217 Å². The van der Waals surface area contributed by atoms with E-state index in [0.717, 1.165) is 11.1 Å². The lowest BCUT2D eigenvalue weighted by molar-refractivity contribution is -0.132. The summed E-state index contributed by atoms with van der Waals surface area (Å²) in [6.07, 6.45) is 3.07. The van der Waals surface area contributed by atoms with E-state index in [1.54, 1.807) is 60.3 Å². The molecular weight excluding hydrogens is 466 g/mol. The summed E-state index contributed by atoms with van der Waals surface area (Å²) in [6.45, 7) is 4.57. The standard InChI is InChI=1S/C30H31N3O4/c1-30(2,36)14-13-23-10-6-12-26(16-23)29(35)33-20-27(37-22-25-11-7-15-31-17-25)19-32(28(34)21-33)18-24-8-4-3-5-9-24/h3-12,15-17,27,36H,18-22H2,1-2H3/t27-/m0/s1. The first-order chi connectivity index (χ1) is 17.8. The van der Waals surface area contributed by atoms with E-state index < -0.39 is 5.60 Å². The van der Waals surface area contributed by atoms with E-state index in [1.165, 1.54) is 0 Å². The number of aliphatic hydroxyl groups is 1. The van der Waals surface area contributed by atoms with Crippen LogP contribution in [0.1, 0.15) is 40.9 Å². The summed E-state index contributed by atoms with van der Waals surface area (Å²) in [5.74, 6) is 5.27. The number of amides is 2. The van der Waals surface area contributed by atoms with Crippen LogP contribution in [0.2, 0.25) is 0 Å². The molecule has 7 heteroatoms. The van der Waals surface area contributed by atoms with Crippen molar-refractivity contribution in [2.45, 2.75) is 38.7 Å². The van der Waals surface area contributed by atoms with Crippen LogP contribution in [0.5, 0.6) is 0 Å². The average Bonchev–Trinajstić information content (AvgIpc) is 3.05. The largest absolute Gasteiger partial charge is 0.378 e. The van der Waals surface area contributed by atoms with Gasteiger partial charge in [-0.1, -0.05) is 54.3 Å². The van der Waals surface area contributed by atoms with E-state index in [4.69, 9.17) is 4.74 Å². The highest BCUT2D eigenvalue weighted by Crippen LogP contribution is 2.17. The second-order valence-corrected chi connectivity index (χ2v) is 9.63. The highest BCUT2D eigenvalue weighted by molar-refractivity contribution is 5.97. The average molecular weight is 498 g/mol. The minimum absolute atomic E-state index is 0.0437. The van der Waals surface area contributed by atoms with Crippen LogP contribution in [0.15, 0.2) is 79.1 Å². The highest BCUT2D eigenvalue weighted by Gasteiger charge is 2.31. The molecule has 4 rings (SSSR count). The number of nitrogens with zero attached hydrogens (tertiary/aromatic N) is 3. The second-order valence-electron chi connectivity index (χ2n) is 9.63. The number of aromatic nitrogens is 1. The summed E-state index contributed by atoms with van der Waals surface area (Å²) in [5.41, 5.74) is 1.84. The van der Waals surface area contributed by atoms with Crippen molar-refractivity contribution in [3.05, 3.63) is 101 Å². The van der Waals surface area contributed by atoms with Gasteiger partial charge in [0.05, 0.1) is 12.7 Å². The number of pyridine rings is 1. The van der Waals surface area contributed by atoms with Gasteiger partial charge in [0.1, 0.15) is 12.1 Å². The molecule has 2 aromatic carbocycles. The van der Waals surface area contributed by atoms with Crippen molar-refractivity contribution in [3.8, 4) is 11.8 Å². The maximum Gasteiger partial charge on any atom is 0.254 e. The van der Waals surface area contributed by atoms with Crippen LogP contribution in [0.25, 0.3) is 0 Å². The Hall–Kier alpha value is -3.99. The maximum absolute atomic E-state index is 13.5. The third-order valence-corrected chi connectivity index (χ3v) is 5.86. The number of hydrogen-bond donors (Lipinski definition) is 1. The van der Waals surface area contributed by atoms with Crippen LogP contribution in [-0.2, 0) is 22.7 Å². The third kappa shape index (κ3) is 7.74. The van der Waals surface area contributed by atoms with Crippen LogP contribution >= 0.6 is 0 Å². The molecular formula is C30H31N3O4. The summed E-state index contributed by atoms with van der Waals surface area (Å²) in [4.78, 5) is 34.2. The number of carbonyl (C=O) groups is 2. The minimum atomic E-state index is -1.14. The molecule has 1 N–H and O–H groups in total. The lowest BCUT2D eigenvalue weighted by atomic mass is 10.1. The van der Waals surface area contributed by atoms with Crippen LogP contribution in [0.3, 0.4) is 0 Å².